The molecule has 0 atom stereocenters. The molecule has 5 nitrogen and oxygen atoms in total. The average molecular weight is 349 g/mol. The molecule has 0 heterocycles. The Balaban J connectivity index is 1.79. The standard InChI is InChI=1S/C18H23NO4S/c1-14(20)24-13-18(9-5-6-10-18)17(22)19-11-16(21)23-12-15-7-3-2-4-8-15/h2-4,7-8H,5-6,9-13H2,1H3,(H,19,22). The summed E-state index contributed by atoms with van der Waals surface area (Å²) in [7, 11) is 0. The summed E-state index contributed by atoms with van der Waals surface area (Å²) in [5, 5.41) is 2.70. The van der Waals surface area contributed by atoms with Crippen molar-refractivity contribution in [2.24, 2.45) is 5.41 Å². The summed E-state index contributed by atoms with van der Waals surface area (Å²) in [5.41, 5.74) is 0.373. The van der Waals surface area contributed by atoms with Crippen LogP contribution in [-0.4, -0.2) is 29.3 Å². The fourth-order valence-electron chi connectivity index (χ4n) is 2.86. The third-order valence-corrected chi connectivity index (χ3v) is 5.33. The van der Waals surface area contributed by atoms with Gasteiger partial charge in [0.1, 0.15) is 13.2 Å². The van der Waals surface area contributed by atoms with Crippen LogP contribution in [-0.2, 0) is 25.7 Å². The van der Waals surface area contributed by atoms with Crippen LogP contribution in [0.2, 0.25) is 0 Å². The molecule has 0 bridgehead atoms. The van der Waals surface area contributed by atoms with Crippen LogP contribution in [0.3, 0.4) is 0 Å². The summed E-state index contributed by atoms with van der Waals surface area (Å²) >= 11 is 1.18. The molecular formula is C18H23NO4S. The van der Waals surface area contributed by atoms with Crippen molar-refractivity contribution in [2.45, 2.75) is 39.2 Å². The predicted octanol–water partition coefficient (Wildman–Crippen LogP) is 2.69. The first kappa shape index (κ1) is 18.5. The zero-order valence-electron chi connectivity index (χ0n) is 13.9. The summed E-state index contributed by atoms with van der Waals surface area (Å²) in [6, 6.07) is 9.39. The highest BCUT2D eigenvalue weighted by molar-refractivity contribution is 8.13. The second-order valence-corrected chi connectivity index (χ2v) is 7.25. The molecule has 24 heavy (non-hydrogen) atoms. The molecule has 0 aliphatic heterocycles. The summed E-state index contributed by atoms with van der Waals surface area (Å²) in [5.74, 6) is -0.127. The van der Waals surface area contributed by atoms with Crippen LogP contribution in [0.1, 0.15) is 38.2 Å². The number of hydrogen-bond donors (Lipinski definition) is 1. The molecule has 1 aromatic carbocycles. The van der Waals surface area contributed by atoms with Crippen molar-refractivity contribution in [1.29, 1.82) is 0 Å². The largest absolute Gasteiger partial charge is 0.460 e. The van der Waals surface area contributed by atoms with E-state index >= 15 is 0 Å². The Hall–Kier alpha value is -1.82. The van der Waals surface area contributed by atoms with Gasteiger partial charge >= 0.3 is 5.97 Å². The normalized spacial score (nSPS) is 15.7. The van der Waals surface area contributed by atoms with Crippen molar-refractivity contribution in [3.8, 4) is 0 Å². The van der Waals surface area contributed by atoms with Crippen molar-refractivity contribution < 1.29 is 19.1 Å². The summed E-state index contributed by atoms with van der Waals surface area (Å²) < 4.78 is 5.16. The van der Waals surface area contributed by atoms with Crippen LogP contribution in [0.4, 0.5) is 0 Å². The number of thioether (sulfide) groups is 1. The molecule has 1 fully saturated rings. The van der Waals surface area contributed by atoms with Crippen LogP contribution in [0, 0.1) is 5.41 Å². The lowest BCUT2D eigenvalue weighted by molar-refractivity contribution is -0.146. The first-order valence-electron chi connectivity index (χ1n) is 8.13. The van der Waals surface area contributed by atoms with E-state index in [1.54, 1.807) is 0 Å². The van der Waals surface area contributed by atoms with E-state index in [9.17, 15) is 14.4 Å². The van der Waals surface area contributed by atoms with E-state index in [0.29, 0.717) is 5.75 Å². The number of rotatable bonds is 7. The molecule has 0 radical (unpaired) electrons. The molecule has 1 N–H and O–H groups in total. The number of amides is 1. The minimum absolute atomic E-state index is 0.0105. The van der Waals surface area contributed by atoms with Crippen molar-refractivity contribution in [3.63, 3.8) is 0 Å². The molecule has 0 spiro atoms. The third kappa shape index (κ3) is 5.37. The predicted molar refractivity (Wildman–Crippen MR) is 93.3 cm³/mol. The zero-order valence-corrected chi connectivity index (χ0v) is 14.7. The van der Waals surface area contributed by atoms with E-state index in [0.717, 1.165) is 31.2 Å². The zero-order chi connectivity index (χ0) is 17.4. The molecule has 0 unspecified atom stereocenters. The molecule has 1 saturated carbocycles. The van der Waals surface area contributed by atoms with Crippen molar-refractivity contribution in [1.82, 2.24) is 5.32 Å². The topological polar surface area (TPSA) is 72.5 Å². The fourth-order valence-corrected chi connectivity index (χ4v) is 3.76. The molecule has 1 aromatic rings. The number of hydrogen-bond acceptors (Lipinski definition) is 5. The molecule has 1 aliphatic carbocycles. The van der Waals surface area contributed by atoms with Crippen molar-refractivity contribution in [2.75, 3.05) is 12.3 Å². The molecular weight excluding hydrogens is 326 g/mol. The van der Waals surface area contributed by atoms with Crippen LogP contribution < -0.4 is 5.32 Å². The molecule has 6 heteroatoms. The highest BCUT2D eigenvalue weighted by Crippen LogP contribution is 2.41. The first-order valence-corrected chi connectivity index (χ1v) is 9.12. The van der Waals surface area contributed by atoms with E-state index in [1.165, 1.54) is 18.7 Å². The first-order chi connectivity index (χ1) is 11.5. The minimum Gasteiger partial charge on any atom is -0.460 e. The SMILES string of the molecule is CC(=O)SCC1(C(=O)NCC(=O)OCc2ccccc2)CCCC1. The summed E-state index contributed by atoms with van der Waals surface area (Å²) in [4.78, 5) is 35.5. The fraction of sp³-hybridized carbons (Fsp3) is 0.500. The maximum Gasteiger partial charge on any atom is 0.325 e. The van der Waals surface area contributed by atoms with Crippen LogP contribution in [0.15, 0.2) is 30.3 Å². The van der Waals surface area contributed by atoms with Crippen LogP contribution in [0.5, 0.6) is 0 Å². The van der Waals surface area contributed by atoms with Gasteiger partial charge in [-0.1, -0.05) is 54.9 Å². The Kier molecular flexibility index (Phi) is 6.85. The van der Waals surface area contributed by atoms with Gasteiger partial charge in [0.15, 0.2) is 5.12 Å². The smallest absolute Gasteiger partial charge is 0.325 e. The number of benzene rings is 1. The van der Waals surface area contributed by atoms with Gasteiger partial charge in [-0.2, -0.15) is 0 Å². The monoisotopic (exact) mass is 349 g/mol. The lowest BCUT2D eigenvalue weighted by Crippen LogP contribution is -2.43. The number of ether oxygens (including phenoxy) is 1. The Bertz CT molecular complexity index is 582. The quantitative estimate of drug-likeness (QED) is 0.766. The number of nitrogens with one attached hydrogen (secondary N) is 1. The average Bonchev–Trinajstić information content (AvgIpc) is 3.07. The molecule has 0 saturated heterocycles. The van der Waals surface area contributed by atoms with E-state index < -0.39 is 11.4 Å². The van der Waals surface area contributed by atoms with Crippen LogP contribution >= 0.6 is 11.8 Å². The van der Waals surface area contributed by atoms with Gasteiger partial charge in [0.2, 0.25) is 5.91 Å². The van der Waals surface area contributed by atoms with Gasteiger partial charge in [0, 0.05) is 12.7 Å². The molecule has 2 rings (SSSR count). The van der Waals surface area contributed by atoms with E-state index in [-0.39, 0.29) is 24.2 Å². The van der Waals surface area contributed by atoms with Crippen molar-refractivity contribution in [3.05, 3.63) is 35.9 Å². The van der Waals surface area contributed by atoms with Gasteiger partial charge in [0.05, 0.1) is 5.41 Å². The molecule has 130 valence electrons. The van der Waals surface area contributed by atoms with Crippen molar-refractivity contribution >= 4 is 28.8 Å². The van der Waals surface area contributed by atoms with Crippen LogP contribution in [0.25, 0.3) is 0 Å². The Morgan fingerprint density at radius 2 is 1.83 bits per heavy atom. The summed E-state index contributed by atoms with van der Waals surface area (Å²) in [6.07, 6.45) is 3.48. The van der Waals surface area contributed by atoms with Gasteiger partial charge in [-0.05, 0) is 18.4 Å². The van der Waals surface area contributed by atoms with Gasteiger partial charge in [-0.3, -0.25) is 14.4 Å². The van der Waals surface area contributed by atoms with E-state index in [4.69, 9.17) is 4.74 Å². The molecule has 1 amide bonds. The van der Waals surface area contributed by atoms with Gasteiger partial charge < -0.3 is 10.1 Å². The lowest BCUT2D eigenvalue weighted by Gasteiger charge is -2.26. The number of carbonyl (C=O) groups excluding carboxylic acids is 3. The maximum absolute atomic E-state index is 12.5. The molecule has 1 aliphatic rings. The van der Waals surface area contributed by atoms with Gasteiger partial charge in [0.25, 0.3) is 0 Å². The highest BCUT2D eigenvalue weighted by atomic mass is 32.2. The Morgan fingerprint density at radius 1 is 1.17 bits per heavy atom. The maximum atomic E-state index is 12.5. The second-order valence-electron chi connectivity index (χ2n) is 6.10. The number of esters is 1. The van der Waals surface area contributed by atoms with Gasteiger partial charge in [-0.25, -0.2) is 0 Å². The summed E-state index contributed by atoms with van der Waals surface area (Å²) in [6.45, 7) is 1.56. The van der Waals surface area contributed by atoms with Gasteiger partial charge in [-0.15, -0.1) is 0 Å². The van der Waals surface area contributed by atoms with E-state index in [2.05, 4.69) is 5.32 Å². The Morgan fingerprint density at radius 3 is 2.46 bits per heavy atom. The Labute approximate surface area is 146 Å². The lowest BCUT2D eigenvalue weighted by atomic mass is 9.87. The number of carbonyl (C=O) groups is 3. The second kappa shape index (κ2) is 8.87. The highest BCUT2D eigenvalue weighted by Gasteiger charge is 2.41. The molecule has 0 aromatic heterocycles. The minimum atomic E-state index is -0.532. The van der Waals surface area contributed by atoms with E-state index in [1.807, 2.05) is 30.3 Å². The third-order valence-electron chi connectivity index (χ3n) is 4.23.